The van der Waals surface area contributed by atoms with Gasteiger partial charge in [-0.05, 0) is 25.7 Å². The zero-order valence-electron chi connectivity index (χ0n) is 8.22. The van der Waals surface area contributed by atoms with Gasteiger partial charge in [0.2, 0.25) is 5.91 Å². The molecule has 0 spiro atoms. The van der Waals surface area contributed by atoms with Gasteiger partial charge in [0.1, 0.15) is 0 Å². The maximum absolute atomic E-state index is 11.9. The molecule has 1 saturated heterocycles. The normalized spacial score (nSPS) is 25.1. The lowest BCUT2D eigenvalue weighted by Gasteiger charge is -2.25. The van der Waals surface area contributed by atoms with E-state index in [-0.39, 0.29) is 0 Å². The predicted octanol–water partition coefficient (Wildman–Crippen LogP) is 2.15. The van der Waals surface area contributed by atoms with Crippen LogP contribution >= 0.6 is 0 Å². The Kier molecular flexibility index (Phi) is 2.87. The van der Waals surface area contributed by atoms with E-state index in [1.54, 1.807) is 0 Å². The Morgan fingerprint density at radius 1 is 0.923 bits per heavy atom. The molecule has 1 amide bonds. The van der Waals surface area contributed by atoms with Gasteiger partial charge in [0, 0.05) is 13.1 Å². The average molecular weight is 180 g/mol. The van der Waals surface area contributed by atoms with Crippen molar-refractivity contribution in [3.63, 3.8) is 0 Å². The largest absolute Gasteiger partial charge is 0.342 e. The Bertz CT molecular complexity index is 179. The molecule has 2 heteroatoms. The molecule has 0 bridgehead atoms. The maximum Gasteiger partial charge on any atom is 0.229 e. The van der Waals surface area contributed by atoms with Gasteiger partial charge in [0.05, 0.1) is 5.92 Å². The van der Waals surface area contributed by atoms with Crippen molar-refractivity contribution in [3.05, 3.63) is 5.92 Å². The van der Waals surface area contributed by atoms with E-state index in [2.05, 4.69) is 0 Å². The van der Waals surface area contributed by atoms with Gasteiger partial charge in [-0.1, -0.05) is 19.3 Å². The molecule has 1 saturated carbocycles. The van der Waals surface area contributed by atoms with Crippen LogP contribution in [0.3, 0.4) is 0 Å². The molecule has 73 valence electrons. The molecule has 2 aliphatic rings. The monoisotopic (exact) mass is 180 g/mol. The van der Waals surface area contributed by atoms with Gasteiger partial charge in [0.25, 0.3) is 0 Å². The first kappa shape index (κ1) is 9.04. The highest BCUT2D eigenvalue weighted by Crippen LogP contribution is 2.28. The number of rotatable bonds is 1. The molecule has 0 atom stereocenters. The third kappa shape index (κ3) is 2.04. The van der Waals surface area contributed by atoms with Gasteiger partial charge in [-0.15, -0.1) is 0 Å². The highest BCUT2D eigenvalue weighted by Gasteiger charge is 2.27. The molecule has 13 heavy (non-hydrogen) atoms. The third-order valence-electron chi connectivity index (χ3n) is 3.15. The fourth-order valence-electron chi connectivity index (χ4n) is 2.34. The van der Waals surface area contributed by atoms with Crippen LogP contribution in [0, 0.1) is 5.92 Å². The smallest absolute Gasteiger partial charge is 0.229 e. The quantitative estimate of drug-likeness (QED) is 0.605. The highest BCUT2D eigenvalue weighted by atomic mass is 16.2. The minimum atomic E-state index is 0.372. The minimum absolute atomic E-state index is 0.372. The van der Waals surface area contributed by atoms with Gasteiger partial charge >= 0.3 is 0 Å². The molecule has 0 aromatic carbocycles. The summed E-state index contributed by atoms with van der Waals surface area (Å²) in [7, 11) is 0. The molecule has 2 nitrogen and oxygen atoms in total. The van der Waals surface area contributed by atoms with E-state index < -0.39 is 0 Å². The minimum Gasteiger partial charge on any atom is -0.342 e. The van der Waals surface area contributed by atoms with Crippen molar-refractivity contribution in [3.8, 4) is 0 Å². The van der Waals surface area contributed by atoms with Crippen LogP contribution in [-0.2, 0) is 4.79 Å². The van der Waals surface area contributed by atoms with Crippen LogP contribution in [0.5, 0.6) is 0 Å². The standard InChI is InChI=1S/C11H18NO/c13-11(12-8-4-5-9-12)10-6-2-1-3-7-10/h1-9H2. The molecular weight excluding hydrogens is 162 g/mol. The van der Waals surface area contributed by atoms with Crippen LogP contribution in [0.15, 0.2) is 0 Å². The Morgan fingerprint density at radius 2 is 1.54 bits per heavy atom. The van der Waals surface area contributed by atoms with Crippen molar-refractivity contribution in [2.45, 2.75) is 44.9 Å². The van der Waals surface area contributed by atoms with Crippen LogP contribution in [0.4, 0.5) is 0 Å². The Morgan fingerprint density at radius 3 is 2.15 bits per heavy atom. The lowest BCUT2D eigenvalue weighted by Crippen LogP contribution is -2.33. The summed E-state index contributed by atoms with van der Waals surface area (Å²) in [6.07, 6.45) is 8.32. The summed E-state index contributed by atoms with van der Waals surface area (Å²) in [6, 6.07) is 0. The molecule has 0 unspecified atom stereocenters. The summed E-state index contributed by atoms with van der Waals surface area (Å²) in [6.45, 7) is 2.00. The van der Waals surface area contributed by atoms with Crippen molar-refractivity contribution in [1.29, 1.82) is 0 Å². The Labute approximate surface area is 80.3 Å². The fourth-order valence-corrected chi connectivity index (χ4v) is 2.34. The van der Waals surface area contributed by atoms with Crippen molar-refractivity contribution >= 4 is 5.91 Å². The first-order chi connectivity index (χ1) is 6.38. The molecule has 0 aromatic heterocycles. The number of hydrogen-bond acceptors (Lipinski definition) is 1. The number of likely N-dealkylation sites (tertiary alicyclic amines) is 1. The average Bonchev–Trinajstić information content (AvgIpc) is 2.71. The summed E-state index contributed by atoms with van der Waals surface area (Å²) in [5.74, 6) is 1.57. The summed E-state index contributed by atoms with van der Waals surface area (Å²) < 4.78 is 0. The second-order valence-corrected chi connectivity index (χ2v) is 4.16. The lowest BCUT2D eigenvalue weighted by atomic mass is 9.88. The maximum atomic E-state index is 11.9. The van der Waals surface area contributed by atoms with E-state index in [0.29, 0.717) is 5.91 Å². The van der Waals surface area contributed by atoms with Crippen LogP contribution < -0.4 is 0 Å². The van der Waals surface area contributed by atoms with E-state index >= 15 is 0 Å². The van der Waals surface area contributed by atoms with E-state index in [1.165, 1.54) is 38.0 Å². The number of carbonyl (C=O) groups is 1. The Balaban J connectivity index is 1.87. The van der Waals surface area contributed by atoms with Gasteiger partial charge in [0.15, 0.2) is 0 Å². The Hall–Kier alpha value is -0.530. The molecule has 0 aromatic rings. The lowest BCUT2D eigenvalue weighted by molar-refractivity contribution is -0.128. The van der Waals surface area contributed by atoms with Crippen LogP contribution in [0.2, 0.25) is 0 Å². The van der Waals surface area contributed by atoms with Crippen molar-refractivity contribution in [2.24, 2.45) is 0 Å². The number of nitrogens with zero attached hydrogens (tertiary/aromatic N) is 1. The molecule has 1 heterocycles. The molecule has 1 aliphatic carbocycles. The van der Waals surface area contributed by atoms with Gasteiger partial charge in [-0.2, -0.15) is 0 Å². The zero-order valence-corrected chi connectivity index (χ0v) is 8.22. The second kappa shape index (κ2) is 4.12. The molecule has 1 radical (unpaired) electrons. The van der Waals surface area contributed by atoms with Crippen molar-refractivity contribution < 1.29 is 4.79 Å². The number of amides is 1. The number of hydrogen-bond donors (Lipinski definition) is 0. The third-order valence-corrected chi connectivity index (χ3v) is 3.15. The fraction of sp³-hybridized carbons (Fsp3) is 0.818. The van der Waals surface area contributed by atoms with Crippen molar-refractivity contribution in [1.82, 2.24) is 4.90 Å². The van der Waals surface area contributed by atoms with Crippen molar-refractivity contribution in [2.75, 3.05) is 13.1 Å². The van der Waals surface area contributed by atoms with E-state index in [1.807, 2.05) is 4.90 Å². The van der Waals surface area contributed by atoms with Crippen LogP contribution in [0.1, 0.15) is 44.9 Å². The highest BCUT2D eigenvalue weighted by molar-refractivity contribution is 5.90. The first-order valence-corrected chi connectivity index (χ1v) is 5.52. The van der Waals surface area contributed by atoms with Crippen LogP contribution in [0.25, 0.3) is 0 Å². The predicted molar refractivity (Wildman–Crippen MR) is 52.1 cm³/mol. The SMILES string of the molecule is O=C([C]1CCCCC1)N1CCCC1. The summed E-state index contributed by atoms with van der Waals surface area (Å²) in [5, 5.41) is 0. The van der Waals surface area contributed by atoms with E-state index in [0.717, 1.165) is 25.9 Å². The summed E-state index contributed by atoms with van der Waals surface area (Å²) >= 11 is 0. The molecule has 1 aliphatic heterocycles. The molecule has 2 rings (SSSR count). The molecular formula is C11H18NO. The van der Waals surface area contributed by atoms with Gasteiger partial charge in [-0.3, -0.25) is 4.79 Å². The summed E-state index contributed by atoms with van der Waals surface area (Å²) in [5.41, 5.74) is 0. The zero-order chi connectivity index (χ0) is 9.10. The number of carbonyl (C=O) groups excluding carboxylic acids is 1. The molecule has 2 fully saturated rings. The van der Waals surface area contributed by atoms with Crippen LogP contribution in [-0.4, -0.2) is 23.9 Å². The topological polar surface area (TPSA) is 20.3 Å². The first-order valence-electron chi connectivity index (χ1n) is 5.52. The van der Waals surface area contributed by atoms with E-state index in [9.17, 15) is 4.79 Å². The van der Waals surface area contributed by atoms with Gasteiger partial charge in [-0.25, -0.2) is 0 Å². The van der Waals surface area contributed by atoms with E-state index in [4.69, 9.17) is 0 Å². The van der Waals surface area contributed by atoms with Gasteiger partial charge < -0.3 is 4.90 Å². The summed E-state index contributed by atoms with van der Waals surface area (Å²) in [4.78, 5) is 13.9. The molecule has 0 N–H and O–H groups in total. The second-order valence-electron chi connectivity index (χ2n) is 4.16.